The topological polar surface area (TPSA) is 82.2 Å². The first-order chi connectivity index (χ1) is 14.4. The number of likely N-dealkylation sites (N-methyl/N-ethyl adjacent to an activating group) is 1. The number of hydrogen-bond acceptors (Lipinski definition) is 4. The second kappa shape index (κ2) is 9.21. The second-order valence-corrected chi connectivity index (χ2v) is 7.31. The van der Waals surface area contributed by atoms with E-state index in [9.17, 15) is 9.18 Å². The lowest BCUT2D eigenvalue weighted by Crippen LogP contribution is -2.15. The predicted octanol–water partition coefficient (Wildman–Crippen LogP) is 4.30. The Bertz CT molecular complexity index is 1100. The van der Waals surface area contributed by atoms with E-state index in [1.807, 2.05) is 26.2 Å². The molecule has 0 aliphatic heterocycles. The lowest BCUT2D eigenvalue weighted by Gasteiger charge is -2.12. The van der Waals surface area contributed by atoms with E-state index in [4.69, 9.17) is 11.0 Å². The summed E-state index contributed by atoms with van der Waals surface area (Å²) in [5.41, 5.74) is 9.81. The van der Waals surface area contributed by atoms with E-state index in [1.165, 1.54) is 12.1 Å². The fraction of sp³-hybridized carbons (Fsp3) is 0.167. The van der Waals surface area contributed by atoms with Gasteiger partial charge >= 0.3 is 0 Å². The van der Waals surface area contributed by atoms with Gasteiger partial charge in [0.05, 0.1) is 16.9 Å². The van der Waals surface area contributed by atoms with Gasteiger partial charge in [0.2, 0.25) is 0 Å². The Morgan fingerprint density at radius 3 is 2.37 bits per heavy atom. The number of carbonyl (C=O) groups excluding carboxylic acids is 1. The first kappa shape index (κ1) is 21.0. The van der Waals surface area contributed by atoms with Crippen LogP contribution in [0.2, 0.25) is 0 Å². The maximum Gasteiger partial charge on any atom is 0.255 e. The molecule has 3 aromatic rings. The maximum atomic E-state index is 14.0. The molecule has 0 heterocycles. The molecule has 0 saturated heterocycles. The highest BCUT2D eigenvalue weighted by molar-refractivity contribution is 6.06. The van der Waals surface area contributed by atoms with E-state index in [2.05, 4.69) is 10.2 Å². The highest BCUT2D eigenvalue weighted by Gasteiger charge is 2.11. The number of benzene rings is 3. The molecule has 0 aliphatic rings. The summed E-state index contributed by atoms with van der Waals surface area (Å²) in [5.74, 6) is -0.865. The van der Waals surface area contributed by atoms with Crippen LogP contribution in [-0.2, 0) is 6.42 Å². The summed E-state index contributed by atoms with van der Waals surface area (Å²) in [4.78, 5) is 14.8. The number of nitrogens with two attached hydrogens (primary N) is 1. The molecule has 0 aromatic heterocycles. The number of carbonyl (C=O) groups is 1. The predicted molar refractivity (Wildman–Crippen MR) is 118 cm³/mol. The summed E-state index contributed by atoms with van der Waals surface area (Å²) >= 11 is 0. The van der Waals surface area contributed by atoms with Gasteiger partial charge in [0, 0.05) is 12.1 Å². The lowest BCUT2D eigenvalue weighted by atomic mass is 10.0. The number of anilines is 2. The van der Waals surface area contributed by atoms with E-state index in [0.29, 0.717) is 28.1 Å². The third-order valence-corrected chi connectivity index (χ3v) is 4.79. The van der Waals surface area contributed by atoms with Gasteiger partial charge in [-0.15, -0.1) is 0 Å². The van der Waals surface area contributed by atoms with Gasteiger partial charge in [-0.1, -0.05) is 24.3 Å². The molecule has 0 spiro atoms. The average Bonchev–Trinajstić information content (AvgIpc) is 2.74. The van der Waals surface area contributed by atoms with Crippen LogP contribution >= 0.6 is 0 Å². The molecule has 1 amide bonds. The number of nitriles is 1. The molecular formula is C24H23FN4O. The van der Waals surface area contributed by atoms with Crippen LogP contribution in [0.5, 0.6) is 0 Å². The molecule has 0 unspecified atom stereocenters. The molecule has 3 N–H and O–H groups in total. The zero-order chi connectivity index (χ0) is 21.7. The van der Waals surface area contributed by atoms with Crippen molar-refractivity contribution in [2.75, 3.05) is 31.7 Å². The van der Waals surface area contributed by atoms with Crippen molar-refractivity contribution in [3.63, 3.8) is 0 Å². The van der Waals surface area contributed by atoms with E-state index in [0.717, 1.165) is 18.5 Å². The molecular weight excluding hydrogens is 379 g/mol. The largest absolute Gasteiger partial charge is 0.397 e. The quantitative estimate of drug-likeness (QED) is 0.602. The van der Waals surface area contributed by atoms with Crippen molar-refractivity contribution < 1.29 is 9.18 Å². The highest BCUT2D eigenvalue weighted by atomic mass is 19.1. The highest BCUT2D eigenvalue weighted by Crippen LogP contribution is 2.28. The summed E-state index contributed by atoms with van der Waals surface area (Å²) in [7, 11) is 4.04. The standard InChI is InChI=1S/C24H23FN4O/c1-29(2)12-11-16-3-5-17(6-4-16)24(30)28-23-14-19(9-10-22(23)27)18-7-8-20(15-26)21(25)13-18/h3-10,13-14H,11-12,27H2,1-2H3,(H,28,30). The SMILES string of the molecule is CN(C)CCc1ccc(C(=O)Nc2cc(-c3ccc(C#N)c(F)c3)ccc2N)cc1. The molecule has 0 atom stereocenters. The van der Waals surface area contributed by atoms with Gasteiger partial charge in [0.1, 0.15) is 11.9 Å². The molecule has 0 bridgehead atoms. The molecule has 0 fully saturated rings. The fourth-order valence-electron chi connectivity index (χ4n) is 3.00. The molecule has 6 heteroatoms. The van der Waals surface area contributed by atoms with Crippen LogP contribution in [0.1, 0.15) is 21.5 Å². The van der Waals surface area contributed by atoms with Crippen LogP contribution in [0.4, 0.5) is 15.8 Å². The van der Waals surface area contributed by atoms with Crippen molar-refractivity contribution in [1.29, 1.82) is 5.26 Å². The van der Waals surface area contributed by atoms with Crippen LogP contribution in [0.15, 0.2) is 60.7 Å². The van der Waals surface area contributed by atoms with Gasteiger partial charge in [0.25, 0.3) is 5.91 Å². The molecule has 30 heavy (non-hydrogen) atoms. The van der Waals surface area contributed by atoms with Crippen LogP contribution in [-0.4, -0.2) is 31.4 Å². The summed E-state index contributed by atoms with van der Waals surface area (Å²) in [6, 6.07) is 18.7. The van der Waals surface area contributed by atoms with Gasteiger partial charge in [0.15, 0.2) is 0 Å². The normalized spacial score (nSPS) is 10.6. The van der Waals surface area contributed by atoms with Crippen molar-refractivity contribution in [3.05, 3.63) is 83.2 Å². The van der Waals surface area contributed by atoms with Crippen molar-refractivity contribution in [2.24, 2.45) is 0 Å². The summed E-state index contributed by atoms with van der Waals surface area (Å²) in [6.07, 6.45) is 0.908. The van der Waals surface area contributed by atoms with Gasteiger partial charge in [-0.2, -0.15) is 5.26 Å². The van der Waals surface area contributed by atoms with Gasteiger partial charge in [-0.3, -0.25) is 4.79 Å². The van der Waals surface area contributed by atoms with E-state index >= 15 is 0 Å². The first-order valence-electron chi connectivity index (χ1n) is 9.52. The minimum Gasteiger partial charge on any atom is -0.397 e. The Morgan fingerprint density at radius 1 is 1.07 bits per heavy atom. The van der Waals surface area contributed by atoms with Crippen molar-refractivity contribution in [2.45, 2.75) is 6.42 Å². The Labute approximate surface area is 175 Å². The average molecular weight is 402 g/mol. The van der Waals surface area contributed by atoms with Crippen LogP contribution in [0.3, 0.4) is 0 Å². The Morgan fingerprint density at radius 2 is 1.73 bits per heavy atom. The van der Waals surface area contributed by atoms with E-state index in [-0.39, 0.29) is 11.5 Å². The summed E-state index contributed by atoms with van der Waals surface area (Å²) < 4.78 is 14.0. The van der Waals surface area contributed by atoms with Gasteiger partial charge in [-0.05, 0) is 73.6 Å². The lowest BCUT2D eigenvalue weighted by molar-refractivity contribution is 0.102. The molecule has 152 valence electrons. The van der Waals surface area contributed by atoms with E-state index in [1.54, 1.807) is 42.5 Å². The van der Waals surface area contributed by atoms with Crippen LogP contribution in [0.25, 0.3) is 11.1 Å². The maximum absolute atomic E-state index is 14.0. The van der Waals surface area contributed by atoms with Crippen molar-refractivity contribution in [1.82, 2.24) is 4.90 Å². The number of nitrogens with one attached hydrogen (secondary N) is 1. The number of rotatable bonds is 6. The van der Waals surface area contributed by atoms with Crippen molar-refractivity contribution in [3.8, 4) is 17.2 Å². The third kappa shape index (κ3) is 5.02. The number of halogens is 1. The number of amides is 1. The number of nitrogens with zero attached hydrogens (tertiary/aromatic N) is 2. The summed E-state index contributed by atoms with van der Waals surface area (Å²) in [6.45, 7) is 0.935. The third-order valence-electron chi connectivity index (χ3n) is 4.79. The molecule has 3 aromatic carbocycles. The second-order valence-electron chi connectivity index (χ2n) is 7.31. The molecule has 0 radical (unpaired) electrons. The summed E-state index contributed by atoms with van der Waals surface area (Å²) in [5, 5.41) is 11.7. The molecule has 3 rings (SSSR count). The Kier molecular flexibility index (Phi) is 6.45. The minimum absolute atomic E-state index is 0.0169. The molecule has 5 nitrogen and oxygen atoms in total. The van der Waals surface area contributed by atoms with Crippen LogP contribution in [0, 0.1) is 17.1 Å². The Hall–Kier alpha value is -3.69. The fourth-order valence-corrected chi connectivity index (χ4v) is 3.00. The Balaban J connectivity index is 1.78. The smallest absolute Gasteiger partial charge is 0.255 e. The number of nitrogen functional groups attached to an aromatic ring is 1. The van der Waals surface area contributed by atoms with Crippen LogP contribution < -0.4 is 11.1 Å². The number of hydrogen-bond donors (Lipinski definition) is 2. The first-order valence-corrected chi connectivity index (χ1v) is 9.52. The molecule has 0 saturated carbocycles. The van der Waals surface area contributed by atoms with Gasteiger partial charge in [-0.25, -0.2) is 4.39 Å². The minimum atomic E-state index is -0.591. The zero-order valence-corrected chi connectivity index (χ0v) is 16.9. The van der Waals surface area contributed by atoms with Gasteiger partial charge < -0.3 is 16.0 Å². The molecule has 0 aliphatic carbocycles. The van der Waals surface area contributed by atoms with E-state index < -0.39 is 5.82 Å². The van der Waals surface area contributed by atoms with Crippen molar-refractivity contribution >= 4 is 17.3 Å². The monoisotopic (exact) mass is 402 g/mol. The zero-order valence-electron chi connectivity index (χ0n) is 16.9.